The van der Waals surface area contributed by atoms with Crippen molar-refractivity contribution in [2.24, 2.45) is 4.99 Å². The van der Waals surface area contributed by atoms with E-state index in [2.05, 4.69) is 40.7 Å². The largest absolute Gasteiger partial charge is 0.497 e. The van der Waals surface area contributed by atoms with Gasteiger partial charge >= 0.3 is 0 Å². The molecule has 33 heavy (non-hydrogen) atoms. The van der Waals surface area contributed by atoms with Crippen molar-refractivity contribution in [3.63, 3.8) is 0 Å². The standard InChI is InChI=1S/C25H36N4O3.HI/c1-5-26-25(27-17-19-11-12-23(31-3)24(15-19)32-4)28-18-22(29-13-6-7-14-29)20-9-8-10-21(16-20)30-2;/h8-12,15-16,22H,5-7,13-14,17-18H2,1-4H3,(H2,26,27,28);1H. The number of halogens is 1. The third-order valence-corrected chi connectivity index (χ3v) is 5.73. The number of benzene rings is 2. The Hall–Kier alpha value is -2.20. The molecule has 3 rings (SSSR count). The van der Waals surface area contributed by atoms with Gasteiger partial charge < -0.3 is 24.8 Å². The van der Waals surface area contributed by atoms with Gasteiger partial charge in [-0.05, 0) is 68.2 Å². The van der Waals surface area contributed by atoms with E-state index in [-0.39, 0.29) is 30.0 Å². The molecule has 1 fully saturated rings. The lowest BCUT2D eigenvalue weighted by Crippen LogP contribution is -2.42. The Labute approximate surface area is 214 Å². The van der Waals surface area contributed by atoms with E-state index in [1.165, 1.54) is 18.4 Å². The molecule has 7 nitrogen and oxygen atoms in total. The highest BCUT2D eigenvalue weighted by Gasteiger charge is 2.24. The average molecular weight is 569 g/mol. The van der Waals surface area contributed by atoms with Crippen molar-refractivity contribution in [2.45, 2.75) is 32.4 Å². The van der Waals surface area contributed by atoms with Crippen LogP contribution < -0.4 is 24.8 Å². The highest BCUT2D eigenvalue weighted by Crippen LogP contribution is 2.28. The fourth-order valence-electron chi connectivity index (χ4n) is 4.04. The minimum absolute atomic E-state index is 0. The molecule has 1 unspecified atom stereocenters. The van der Waals surface area contributed by atoms with E-state index in [1.54, 1.807) is 21.3 Å². The molecule has 0 radical (unpaired) electrons. The van der Waals surface area contributed by atoms with Crippen LogP contribution >= 0.6 is 24.0 Å². The normalized spacial score (nSPS) is 14.8. The van der Waals surface area contributed by atoms with E-state index in [0.717, 1.165) is 49.2 Å². The molecule has 2 N–H and O–H groups in total. The van der Waals surface area contributed by atoms with Crippen molar-refractivity contribution in [1.82, 2.24) is 15.5 Å². The minimum atomic E-state index is 0. The maximum absolute atomic E-state index is 5.46. The van der Waals surface area contributed by atoms with Crippen LogP contribution in [0.3, 0.4) is 0 Å². The second-order valence-electron chi connectivity index (χ2n) is 7.80. The molecule has 1 atom stereocenters. The third-order valence-electron chi connectivity index (χ3n) is 5.73. The minimum Gasteiger partial charge on any atom is -0.497 e. The molecule has 1 aliphatic heterocycles. The van der Waals surface area contributed by atoms with E-state index in [4.69, 9.17) is 19.2 Å². The first-order chi connectivity index (χ1) is 15.7. The number of rotatable bonds is 10. The van der Waals surface area contributed by atoms with E-state index in [1.807, 2.05) is 24.3 Å². The molecule has 0 saturated carbocycles. The smallest absolute Gasteiger partial charge is 0.191 e. The lowest BCUT2D eigenvalue weighted by Gasteiger charge is -2.29. The molecule has 0 amide bonds. The molecule has 1 heterocycles. The topological polar surface area (TPSA) is 67.4 Å². The summed E-state index contributed by atoms with van der Waals surface area (Å²) in [6.45, 7) is 6.42. The zero-order valence-corrected chi connectivity index (χ0v) is 22.4. The van der Waals surface area contributed by atoms with Gasteiger partial charge in [0.25, 0.3) is 0 Å². The van der Waals surface area contributed by atoms with Crippen molar-refractivity contribution in [1.29, 1.82) is 0 Å². The summed E-state index contributed by atoms with van der Waals surface area (Å²) in [5.74, 6) is 3.12. The fraction of sp³-hybridized carbons (Fsp3) is 0.480. The van der Waals surface area contributed by atoms with Gasteiger partial charge in [-0.3, -0.25) is 4.90 Å². The Bertz CT molecular complexity index is 888. The summed E-state index contributed by atoms with van der Waals surface area (Å²) in [6, 6.07) is 14.5. The number of likely N-dealkylation sites (tertiary alicyclic amines) is 1. The number of aliphatic imine (C=N–C) groups is 1. The zero-order chi connectivity index (χ0) is 22.8. The molecule has 8 heteroatoms. The third kappa shape index (κ3) is 7.67. The monoisotopic (exact) mass is 568 g/mol. The molecule has 182 valence electrons. The molecular weight excluding hydrogens is 531 g/mol. The predicted octanol–water partition coefficient (Wildman–Crippen LogP) is 4.22. The predicted molar refractivity (Wildman–Crippen MR) is 144 cm³/mol. The highest BCUT2D eigenvalue weighted by molar-refractivity contribution is 14.0. The Kier molecular flexibility index (Phi) is 11.6. The first-order valence-corrected chi connectivity index (χ1v) is 11.3. The summed E-state index contributed by atoms with van der Waals surface area (Å²) in [4.78, 5) is 7.34. The number of guanidine groups is 1. The van der Waals surface area contributed by atoms with Crippen LogP contribution in [-0.2, 0) is 6.54 Å². The maximum Gasteiger partial charge on any atom is 0.191 e. The van der Waals surface area contributed by atoms with Crippen LogP contribution in [0, 0.1) is 0 Å². The summed E-state index contributed by atoms with van der Waals surface area (Å²) in [6.07, 6.45) is 2.49. The highest BCUT2D eigenvalue weighted by atomic mass is 127. The molecule has 1 aliphatic rings. The number of hydrogen-bond donors (Lipinski definition) is 2. The maximum atomic E-state index is 5.46. The first kappa shape index (κ1) is 27.0. The zero-order valence-electron chi connectivity index (χ0n) is 20.1. The van der Waals surface area contributed by atoms with Crippen LogP contribution in [0.2, 0.25) is 0 Å². The Morgan fingerprint density at radius 2 is 1.73 bits per heavy atom. The van der Waals surface area contributed by atoms with Crippen LogP contribution in [-0.4, -0.2) is 58.4 Å². The lowest BCUT2D eigenvalue weighted by molar-refractivity contribution is 0.245. The van der Waals surface area contributed by atoms with E-state index in [0.29, 0.717) is 12.3 Å². The van der Waals surface area contributed by atoms with Crippen LogP contribution in [0.15, 0.2) is 47.5 Å². The van der Waals surface area contributed by atoms with Crippen molar-refractivity contribution in [3.05, 3.63) is 53.6 Å². The summed E-state index contributed by atoms with van der Waals surface area (Å²) >= 11 is 0. The van der Waals surface area contributed by atoms with Gasteiger partial charge in [0.1, 0.15) is 5.75 Å². The molecule has 0 aliphatic carbocycles. The summed E-state index contributed by atoms with van der Waals surface area (Å²) in [5, 5.41) is 6.92. The van der Waals surface area contributed by atoms with E-state index < -0.39 is 0 Å². The van der Waals surface area contributed by atoms with Crippen LogP contribution in [0.5, 0.6) is 17.2 Å². The van der Waals surface area contributed by atoms with Gasteiger partial charge in [-0.15, -0.1) is 24.0 Å². The Balaban J connectivity index is 0.00000385. The van der Waals surface area contributed by atoms with Crippen molar-refractivity contribution in [3.8, 4) is 17.2 Å². The molecule has 1 saturated heterocycles. The van der Waals surface area contributed by atoms with Crippen LogP contribution in [0.4, 0.5) is 0 Å². The number of nitrogens with one attached hydrogen (secondary N) is 2. The van der Waals surface area contributed by atoms with Gasteiger partial charge in [-0.1, -0.05) is 18.2 Å². The lowest BCUT2D eigenvalue weighted by atomic mass is 10.1. The SMILES string of the molecule is CCNC(=NCc1ccc(OC)c(OC)c1)NCC(c1cccc(OC)c1)N1CCCC1.I. The molecule has 0 aromatic heterocycles. The van der Waals surface area contributed by atoms with Gasteiger partial charge in [0, 0.05) is 13.1 Å². The first-order valence-electron chi connectivity index (χ1n) is 11.3. The summed E-state index contributed by atoms with van der Waals surface area (Å²) in [7, 11) is 5.00. The molecule has 2 aromatic rings. The van der Waals surface area contributed by atoms with E-state index in [9.17, 15) is 0 Å². The van der Waals surface area contributed by atoms with Crippen molar-refractivity contribution < 1.29 is 14.2 Å². The van der Waals surface area contributed by atoms with Gasteiger partial charge in [0.05, 0.1) is 33.9 Å². The van der Waals surface area contributed by atoms with Gasteiger partial charge in [-0.25, -0.2) is 4.99 Å². The number of methoxy groups -OCH3 is 3. The Morgan fingerprint density at radius 3 is 2.39 bits per heavy atom. The molecule has 0 spiro atoms. The average Bonchev–Trinajstić information content (AvgIpc) is 3.37. The summed E-state index contributed by atoms with van der Waals surface area (Å²) in [5.41, 5.74) is 2.32. The molecular formula is C25H37IN4O3. The molecule has 2 aromatic carbocycles. The van der Waals surface area contributed by atoms with Crippen molar-refractivity contribution in [2.75, 3.05) is 47.5 Å². The molecule has 0 bridgehead atoms. The second-order valence-corrected chi connectivity index (χ2v) is 7.80. The number of nitrogens with zero attached hydrogens (tertiary/aromatic N) is 2. The quantitative estimate of drug-likeness (QED) is 0.254. The van der Waals surface area contributed by atoms with Gasteiger partial charge in [0.15, 0.2) is 17.5 Å². The summed E-state index contributed by atoms with van der Waals surface area (Å²) < 4.78 is 16.2. The van der Waals surface area contributed by atoms with Gasteiger partial charge in [0.2, 0.25) is 0 Å². The van der Waals surface area contributed by atoms with Crippen LogP contribution in [0.25, 0.3) is 0 Å². The number of ether oxygens (including phenoxy) is 3. The van der Waals surface area contributed by atoms with Crippen LogP contribution in [0.1, 0.15) is 36.9 Å². The van der Waals surface area contributed by atoms with E-state index >= 15 is 0 Å². The second kappa shape index (κ2) is 14.1. The fourth-order valence-corrected chi connectivity index (χ4v) is 4.04. The number of hydrogen-bond acceptors (Lipinski definition) is 5. The Morgan fingerprint density at radius 1 is 0.970 bits per heavy atom. The van der Waals surface area contributed by atoms with Gasteiger partial charge in [-0.2, -0.15) is 0 Å². The van der Waals surface area contributed by atoms with Crippen molar-refractivity contribution >= 4 is 29.9 Å².